The van der Waals surface area contributed by atoms with Crippen molar-refractivity contribution in [2.24, 2.45) is 4.99 Å². The van der Waals surface area contributed by atoms with E-state index in [0.717, 1.165) is 32.4 Å². The molecular weight excluding hydrogens is 669 g/mol. The molecule has 2 N–H and O–H groups in total. The van der Waals surface area contributed by atoms with Gasteiger partial charge < -0.3 is 15.1 Å². The number of nitrogens with two attached hydrogens (primary N) is 1. The van der Waals surface area contributed by atoms with Crippen LogP contribution in [-0.2, 0) is 5.41 Å². The second-order valence-electron chi connectivity index (χ2n) is 15.6. The zero-order valence-corrected chi connectivity index (χ0v) is 32.5. The van der Waals surface area contributed by atoms with Crippen molar-refractivity contribution < 1.29 is 5.32 Å². The Labute approximate surface area is 327 Å². The number of likely N-dealkylation sites (N-methyl/N-ethyl adjacent to an activating group) is 2. The van der Waals surface area contributed by atoms with Gasteiger partial charge in [-0.3, -0.25) is 4.99 Å². The Kier molecular flexibility index (Phi) is 9.23. The summed E-state index contributed by atoms with van der Waals surface area (Å²) in [5.41, 5.74) is 18.5. The minimum absolute atomic E-state index is 0.00674. The van der Waals surface area contributed by atoms with Crippen molar-refractivity contribution in [2.75, 3.05) is 32.1 Å². The summed E-state index contributed by atoms with van der Waals surface area (Å²) in [6.45, 7) is 6.62. The lowest BCUT2D eigenvalue weighted by atomic mass is 9.73. The molecule has 0 amide bonds. The highest BCUT2D eigenvalue weighted by atomic mass is 15.2. The van der Waals surface area contributed by atoms with Gasteiger partial charge in [0.2, 0.25) is 0 Å². The summed E-state index contributed by atoms with van der Waals surface area (Å²) in [5.74, 6) is 0. The van der Waals surface area contributed by atoms with Gasteiger partial charge in [-0.05, 0) is 94.1 Å². The largest absolute Gasteiger partial charge is 0.370 e. The summed E-state index contributed by atoms with van der Waals surface area (Å²) in [4.78, 5) is 9.44. The molecule has 1 aliphatic carbocycles. The lowest BCUT2D eigenvalue weighted by Gasteiger charge is -2.34. The SMILES string of the molecule is CCC1(CC)c2cc(/C=C/c3ccc(C4CC=CC=N4)cc3)ccc2-c2ccc(/C=C/C3C=Cc4cc(C5=CC=CCN5C)c5c(c4N3C)[NH2+]CC=C5)cc21. The fourth-order valence-corrected chi connectivity index (χ4v) is 9.48. The molecule has 0 saturated heterocycles. The third-order valence-electron chi connectivity index (χ3n) is 12.6. The monoisotopic (exact) mass is 719 g/mol. The van der Waals surface area contributed by atoms with Crippen LogP contribution in [0.25, 0.3) is 47.2 Å². The van der Waals surface area contributed by atoms with E-state index in [0.29, 0.717) is 0 Å². The van der Waals surface area contributed by atoms with Crippen LogP contribution in [0, 0.1) is 0 Å². The van der Waals surface area contributed by atoms with Crippen LogP contribution in [-0.4, -0.2) is 44.3 Å². The smallest absolute Gasteiger partial charge is 0.162 e. The molecule has 9 rings (SSSR count). The summed E-state index contributed by atoms with van der Waals surface area (Å²) in [6, 6.07) is 25.9. The van der Waals surface area contributed by atoms with Gasteiger partial charge in [0.05, 0.1) is 18.6 Å². The van der Waals surface area contributed by atoms with Crippen LogP contribution in [0.2, 0.25) is 0 Å². The number of anilines is 1. The number of benzene rings is 4. The van der Waals surface area contributed by atoms with Crippen molar-refractivity contribution in [1.29, 1.82) is 0 Å². The molecule has 5 aliphatic rings. The highest BCUT2D eigenvalue weighted by Gasteiger charge is 2.40. The molecule has 2 atom stereocenters. The van der Waals surface area contributed by atoms with Crippen LogP contribution in [0.1, 0.15) is 89.2 Å². The Morgan fingerprint density at radius 2 is 1.51 bits per heavy atom. The van der Waals surface area contributed by atoms with Gasteiger partial charge in [0.15, 0.2) is 5.69 Å². The molecule has 2 unspecified atom stereocenters. The maximum atomic E-state index is 4.63. The number of aliphatic imine (C=N–C) groups is 1. The van der Waals surface area contributed by atoms with E-state index in [1.807, 2.05) is 12.3 Å². The number of fused-ring (bicyclic) bond motifs is 6. The predicted octanol–water partition coefficient (Wildman–Crippen LogP) is 10.6. The topological polar surface area (TPSA) is 35.5 Å². The van der Waals surface area contributed by atoms with Crippen LogP contribution in [0.4, 0.5) is 11.4 Å². The molecule has 55 heavy (non-hydrogen) atoms. The number of rotatable bonds is 8. The Morgan fingerprint density at radius 1 is 0.782 bits per heavy atom. The van der Waals surface area contributed by atoms with Gasteiger partial charge in [-0.15, -0.1) is 0 Å². The number of quaternary nitrogens is 1. The summed E-state index contributed by atoms with van der Waals surface area (Å²) >= 11 is 0. The third kappa shape index (κ3) is 6.19. The van der Waals surface area contributed by atoms with Crippen molar-refractivity contribution >= 4 is 53.7 Å². The van der Waals surface area contributed by atoms with Crippen LogP contribution >= 0.6 is 0 Å². The van der Waals surface area contributed by atoms with Gasteiger partial charge in [0.25, 0.3) is 0 Å². The lowest BCUT2D eigenvalue weighted by molar-refractivity contribution is -0.561. The summed E-state index contributed by atoms with van der Waals surface area (Å²) < 4.78 is 0. The normalized spacial score (nSPS) is 20.3. The van der Waals surface area contributed by atoms with E-state index in [1.165, 1.54) is 78.3 Å². The van der Waals surface area contributed by atoms with E-state index < -0.39 is 0 Å². The summed E-state index contributed by atoms with van der Waals surface area (Å²) in [5, 5.41) is 2.41. The molecular formula is C51H51N4+. The second kappa shape index (κ2) is 14.5. The third-order valence-corrected chi connectivity index (χ3v) is 12.6. The molecule has 4 heterocycles. The minimum Gasteiger partial charge on any atom is -0.370 e. The molecule has 0 fully saturated rings. The fraction of sp³-hybridized carbons (Fsp3) is 0.235. The van der Waals surface area contributed by atoms with E-state index in [2.05, 4.69) is 188 Å². The van der Waals surface area contributed by atoms with Crippen molar-refractivity contribution in [2.45, 2.75) is 50.6 Å². The molecule has 0 radical (unpaired) electrons. The highest BCUT2D eigenvalue weighted by Crippen LogP contribution is 2.53. The zero-order chi connectivity index (χ0) is 37.5. The predicted molar refractivity (Wildman–Crippen MR) is 236 cm³/mol. The second-order valence-corrected chi connectivity index (χ2v) is 15.6. The standard InChI is InChI=1S/C51H50N4/c1-5-51(6-2)45-32-36(16-15-35-17-22-38(23-18-35)47-13-7-9-29-52-47)20-27-41(45)42-28-21-37(33-46(42)51)19-25-40-26-24-39-34-44(48-14-8-10-31-54(48)3)43-12-11-30-53-49(43)50(39)55(40)4/h7-12,14-29,32-34,40,47,53H,5-6,13,30-31H2,1-4H3/p+1/b16-15+,25-19+. The first-order chi connectivity index (χ1) is 27.0. The first kappa shape index (κ1) is 35.0. The van der Waals surface area contributed by atoms with Gasteiger partial charge in [-0.2, -0.15) is 0 Å². The Bertz CT molecular complexity index is 2390. The van der Waals surface area contributed by atoms with Crippen molar-refractivity contribution in [3.63, 3.8) is 0 Å². The van der Waals surface area contributed by atoms with Gasteiger partial charge in [0.1, 0.15) is 5.69 Å². The molecule has 4 aromatic carbocycles. The first-order valence-corrected chi connectivity index (χ1v) is 20.1. The van der Waals surface area contributed by atoms with E-state index in [-0.39, 0.29) is 17.5 Å². The maximum Gasteiger partial charge on any atom is 0.162 e. The van der Waals surface area contributed by atoms with Crippen LogP contribution in [0.3, 0.4) is 0 Å². The van der Waals surface area contributed by atoms with Crippen molar-refractivity contribution in [3.8, 4) is 11.1 Å². The van der Waals surface area contributed by atoms with E-state index in [1.54, 1.807) is 0 Å². The number of hydrogen-bond donors (Lipinski definition) is 1. The Morgan fingerprint density at radius 3 is 2.22 bits per heavy atom. The zero-order valence-electron chi connectivity index (χ0n) is 32.5. The molecule has 0 bridgehead atoms. The van der Waals surface area contributed by atoms with E-state index >= 15 is 0 Å². The van der Waals surface area contributed by atoms with E-state index in [9.17, 15) is 0 Å². The average Bonchev–Trinajstić information content (AvgIpc) is 3.51. The molecule has 4 aromatic rings. The summed E-state index contributed by atoms with van der Waals surface area (Å²) in [7, 11) is 4.44. The number of dihydropyridines is 1. The molecule has 274 valence electrons. The highest BCUT2D eigenvalue weighted by molar-refractivity contribution is 5.92. The van der Waals surface area contributed by atoms with Crippen LogP contribution in [0.15, 0.2) is 120 Å². The van der Waals surface area contributed by atoms with Gasteiger partial charge in [-0.1, -0.05) is 129 Å². The van der Waals surface area contributed by atoms with Crippen molar-refractivity contribution in [1.82, 2.24) is 4.90 Å². The van der Waals surface area contributed by atoms with Gasteiger partial charge in [-0.25, -0.2) is 0 Å². The first-order valence-electron chi connectivity index (χ1n) is 20.1. The molecule has 4 aliphatic heterocycles. The molecule has 0 aromatic heterocycles. The number of nitrogens with zero attached hydrogens (tertiary/aromatic N) is 3. The average molecular weight is 720 g/mol. The maximum absolute atomic E-state index is 4.63. The number of allylic oxidation sites excluding steroid dienone is 3. The van der Waals surface area contributed by atoms with Gasteiger partial charge in [0, 0.05) is 54.7 Å². The van der Waals surface area contributed by atoms with Crippen LogP contribution < -0.4 is 10.2 Å². The van der Waals surface area contributed by atoms with E-state index in [4.69, 9.17) is 0 Å². The number of hydrogen-bond acceptors (Lipinski definition) is 3. The fourth-order valence-electron chi connectivity index (χ4n) is 9.48. The Hall–Kier alpha value is -5.71. The molecule has 0 saturated carbocycles. The molecule has 0 spiro atoms. The van der Waals surface area contributed by atoms with Crippen molar-refractivity contribution in [3.05, 3.63) is 165 Å². The molecule has 4 heteroatoms. The quantitative estimate of drug-likeness (QED) is 0.145. The Balaban J connectivity index is 0.972. The van der Waals surface area contributed by atoms with Gasteiger partial charge >= 0.3 is 0 Å². The molecule has 4 nitrogen and oxygen atoms in total. The van der Waals surface area contributed by atoms with Crippen LogP contribution in [0.5, 0.6) is 0 Å². The lowest BCUT2D eigenvalue weighted by Crippen LogP contribution is -2.79. The minimum atomic E-state index is -0.00674. The summed E-state index contributed by atoms with van der Waals surface area (Å²) in [6.07, 6.45) is 34.4.